The van der Waals surface area contributed by atoms with Crippen LogP contribution in [0.2, 0.25) is 0 Å². The van der Waals surface area contributed by atoms with Gasteiger partial charge in [-0.05, 0) is 43.5 Å². The quantitative estimate of drug-likeness (QED) is 0.281. The van der Waals surface area contributed by atoms with Gasteiger partial charge in [-0.2, -0.15) is 0 Å². The fourth-order valence-corrected chi connectivity index (χ4v) is 6.72. The summed E-state index contributed by atoms with van der Waals surface area (Å²) in [5.74, 6) is 0.213. The summed E-state index contributed by atoms with van der Waals surface area (Å²) in [7, 11) is 0. The molecule has 1 atom stereocenters. The molecule has 2 saturated heterocycles. The molecule has 6 heteroatoms. The Hall–Kier alpha value is -3.58. The topological polar surface area (TPSA) is 60.5 Å². The molecule has 2 aliphatic rings. The average Bonchev–Trinajstić information content (AvgIpc) is 3.04. The van der Waals surface area contributed by atoms with Crippen molar-refractivity contribution >= 4 is 16.8 Å². The summed E-state index contributed by atoms with van der Waals surface area (Å²) >= 11 is 0. The number of aromatic nitrogens is 1. The minimum Gasteiger partial charge on any atom is -0.345 e. The van der Waals surface area contributed by atoms with Gasteiger partial charge < -0.3 is 10.6 Å². The standard InChI is InChI=1S/C36H43N5O/c1-26(2)34(27-11-5-3-6-12-27)39-36(42)33-30-15-9-10-16-32(30)38-35(28-13-7-4-8-14-28)31(33)25-40-21-17-29(18-22-40)41-23-19-37-20-24-41/h3-16,26,29,34,37H,17-25H2,1-2H3,(H,39,42)/t34-/m0/s1. The minimum atomic E-state index is -0.0894. The number of rotatable bonds is 8. The van der Waals surface area contributed by atoms with Crippen molar-refractivity contribution in [2.75, 3.05) is 39.3 Å². The van der Waals surface area contributed by atoms with Crippen molar-refractivity contribution < 1.29 is 4.79 Å². The van der Waals surface area contributed by atoms with Crippen LogP contribution in [0.4, 0.5) is 0 Å². The van der Waals surface area contributed by atoms with Crippen LogP contribution >= 0.6 is 0 Å². The molecule has 2 aliphatic heterocycles. The number of carbonyl (C=O) groups is 1. The van der Waals surface area contributed by atoms with E-state index in [4.69, 9.17) is 4.98 Å². The largest absolute Gasteiger partial charge is 0.345 e. The zero-order chi connectivity index (χ0) is 28.9. The van der Waals surface area contributed by atoms with Gasteiger partial charge in [0.05, 0.1) is 22.8 Å². The third-order valence-corrected chi connectivity index (χ3v) is 8.99. The van der Waals surface area contributed by atoms with Crippen LogP contribution in [0.15, 0.2) is 84.9 Å². The molecule has 1 amide bonds. The highest BCUT2D eigenvalue weighted by molar-refractivity contribution is 6.09. The molecule has 42 heavy (non-hydrogen) atoms. The van der Waals surface area contributed by atoms with Crippen molar-refractivity contribution in [1.82, 2.24) is 25.4 Å². The number of pyridine rings is 1. The van der Waals surface area contributed by atoms with E-state index in [0.717, 1.165) is 91.0 Å². The first kappa shape index (κ1) is 28.5. The van der Waals surface area contributed by atoms with Crippen molar-refractivity contribution in [3.63, 3.8) is 0 Å². The Bertz CT molecular complexity index is 1480. The van der Waals surface area contributed by atoms with Crippen molar-refractivity contribution in [2.24, 2.45) is 5.92 Å². The van der Waals surface area contributed by atoms with Gasteiger partial charge in [0, 0.05) is 55.3 Å². The molecule has 2 N–H and O–H groups in total. The van der Waals surface area contributed by atoms with E-state index in [0.29, 0.717) is 12.6 Å². The van der Waals surface area contributed by atoms with Crippen LogP contribution in [0.5, 0.6) is 0 Å². The summed E-state index contributed by atoms with van der Waals surface area (Å²) in [6, 6.07) is 29.3. The number of amides is 1. The Morgan fingerprint density at radius 1 is 0.881 bits per heavy atom. The number of hydrogen-bond donors (Lipinski definition) is 2. The lowest BCUT2D eigenvalue weighted by Gasteiger charge is -2.40. The van der Waals surface area contributed by atoms with E-state index in [1.54, 1.807) is 0 Å². The number of benzene rings is 3. The zero-order valence-corrected chi connectivity index (χ0v) is 24.9. The molecule has 1 aromatic heterocycles. The van der Waals surface area contributed by atoms with E-state index in [1.165, 1.54) is 0 Å². The fourth-order valence-electron chi connectivity index (χ4n) is 6.72. The van der Waals surface area contributed by atoms with Gasteiger partial charge in [-0.1, -0.05) is 92.7 Å². The molecule has 6 nitrogen and oxygen atoms in total. The van der Waals surface area contributed by atoms with Crippen LogP contribution in [0.25, 0.3) is 22.2 Å². The summed E-state index contributed by atoms with van der Waals surface area (Å²) in [5, 5.41) is 7.84. The Labute approximate surface area is 250 Å². The number of nitrogens with one attached hydrogen (secondary N) is 2. The Morgan fingerprint density at radius 2 is 1.52 bits per heavy atom. The lowest BCUT2D eigenvalue weighted by atomic mass is 9.92. The Morgan fingerprint density at radius 3 is 2.21 bits per heavy atom. The van der Waals surface area contributed by atoms with E-state index >= 15 is 0 Å². The molecule has 0 spiro atoms. The van der Waals surface area contributed by atoms with E-state index in [1.807, 2.05) is 42.5 Å². The van der Waals surface area contributed by atoms with E-state index in [2.05, 4.69) is 76.7 Å². The third-order valence-electron chi connectivity index (χ3n) is 8.99. The van der Waals surface area contributed by atoms with E-state index in [9.17, 15) is 4.79 Å². The van der Waals surface area contributed by atoms with Gasteiger partial charge in [0.25, 0.3) is 5.91 Å². The van der Waals surface area contributed by atoms with Gasteiger partial charge in [-0.25, -0.2) is 4.98 Å². The Balaban J connectivity index is 1.38. The molecule has 3 heterocycles. The van der Waals surface area contributed by atoms with E-state index < -0.39 is 0 Å². The molecule has 2 fully saturated rings. The normalized spacial score (nSPS) is 17.9. The molecule has 0 radical (unpaired) electrons. The number of para-hydroxylation sites is 1. The first-order chi connectivity index (χ1) is 20.6. The van der Waals surface area contributed by atoms with E-state index in [-0.39, 0.29) is 17.9 Å². The molecule has 218 valence electrons. The molecule has 0 unspecified atom stereocenters. The number of hydrogen-bond acceptors (Lipinski definition) is 5. The molecule has 6 rings (SSSR count). The van der Waals surface area contributed by atoms with Crippen LogP contribution in [-0.4, -0.2) is 66.0 Å². The number of piperazine rings is 1. The van der Waals surface area contributed by atoms with Gasteiger partial charge in [-0.15, -0.1) is 0 Å². The highest BCUT2D eigenvalue weighted by Crippen LogP contribution is 2.33. The lowest BCUT2D eigenvalue weighted by Crippen LogP contribution is -2.51. The average molecular weight is 562 g/mol. The van der Waals surface area contributed by atoms with Gasteiger partial charge in [0.15, 0.2) is 0 Å². The predicted octanol–water partition coefficient (Wildman–Crippen LogP) is 5.90. The second-order valence-corrected chi connectivity index (χ2v) is 12.1. The number of carbonyl (C=O) groups excluding carboxylic acids is 1. The monoisotopic (exact) mass is 561 g/mol. The van der Waals surface area contributed by atoms with Crippen LogP contribution in [-0.2, 0) is 6.54 Å². The maximum absolute atomic E-state index is 14.5. The maximum atomic E-state index is 14.5. The zero-order valence-electron chi connectivity index (χ0n) is 24.9. The van der Waals surface area contributed by atoms with Crippen molar-refractivity contribution in [2.45, 2.75) is 45.3 Å². The van der Waals surface area contributed by atoms with Crippen LogP contribution in [0.1, 0.15) is 54.2 Å². The minimum absolute atomic E-state index is 0.0287. The second-order valence-electron chi connectivity index (χ2n) is 12.1. The van der Waals surface area contributed by atoms with Gasteiger partial charge >= 0.3 is 0 Å². The molecule has 3 aromatic carbocycles. The van der Waals surface area contributed by atoms with Crippen LogP contribution in [0, 0.1) is 5.92 Å². The number of nitrogens with zero attached hydrogens (tertiary/aromatic N) is 3. The van der Waals surface area contributed by atoms with Gasteiger partial charge in [0.1, 0.15) is 0 Å². The lowest BCUT2D eigenvalue weighted by molar-refractivity contribution is 0.0907. The van der Waals surface area contributed by atoms with Gasteiger partial charge in [0.2, 0.25) is 0 Å². The fraction of sp³-hybridized carbons (Fsp3) is 0.389. The molecular formula is C36H43N5O. The SMILES string of the molecule is CC(C)[C@H](NC(=O)c1c(CN2CCC(N3CCNCC3)CC2)c(-c2ccccc2)nc2ccccc12)c1ccccc1. The van der Waals surface area contributed by atoms with Gasteiger partial charge in [-0.3, -0.25) is 14.6 Å². The van der Waals surface area contributed by atoms with Crippen LogP contribution in [0.3, 0.4) is 0 Å². The van der Waals surface area contributed by atoms with Crippen LogP contribution < -0.4 is 10.6 Å². The first-order valence-electron chi connectivity index (χ1n) is 15.6. The summed E-state index contributed by atoms with van der Waals surface area (Å²) in [4.78, 5) is 24.9. The Kier molecular flexibility index (Phi) is 8.94. The molecular weight excluding hydrogens is 518 g/mol. The van der Waals surface area contributed by atoms with Crippen molar-refractivity contribution in [1.29, 1.82) is 0 Å². The number of likely N-dealkylation sites (tertiary alicyclic amines) is 1. The summed E-state index contributed by atoms with van der Waals surface area (Å²) < 4.78 is 0. The summed E-state index contributed by atoms with van der Waals surface area (Å²) in [6.45, 7) is 11.5. The highest BCUT2D eigenvalue weighted by Gasteiger charge is 2.29. The molecule has 0 aliphatic carbocycles. The molecule has 0 bridgehead atoms. The second kappa shape index (κ2) is 13.2. The number of piperidine rings is 1. The third kappa shape index (κ3) is 6.26. The molecule has 0 saturated carbocycles. The van der Waals surface area contributed by atoms with Crippen molar-refractivity contribution in [3.05, 3.63) is 102 Å². The number of fused-ring (bicyclic) bond motifs is 1. The maximum Gasteiger partial charge on any atom is 0.252 e. The molecule has 4 aromatic rings. The predicted molar refractivity (Wildman–Crippen MR) is 171 cm³/mol. The summed E-state index contributed by atoms with van der Waals surface area (Å²) in [5.41, 5.74) is 5.71. The smallest absolute Gasteiger partial charge is 0.252 e. The first-order valence-corrected chi connectivity index (χ1v) is 15.6. The summed E-state index contributed by atoms with van der Waals surface area (Å²) in [6.07, 6.45) is 2.32. The van der Waals surface area contributed by atoms with Crippen molar-refractivity contribution in [3.8, 4) is 11.3 Å². The highest BCUT2D eigenvalue weighted by atomic mass is 16.1.